The van der Waals surface area contributed by atoms with E-state index in [-0.39, 0.29) is 6.61 Å². The number of aliphatic hydroxyl groups is 1. The number of nitrogens with zero attached hydrogens (tertiary/aromatic N) is 5. The molecule has 1 saturated heterocycles. The Labute approximate surface area is 183 Å². The van der Waals surface area contributed by atoms with Crippen LogP contribution in [0.1, 0.15) is 24.6 Å². The van der Waals surface area contributed by atoms with Crippen molar-refractivity contribution in [3.8, 4) is 11.7 Å². The van der Waals surface area contributed by atoms with E-state index < -0.39 is 0 Å². The molecule has 1 aliphatic heterocycles. The van der Waals surface area contributed by atoms with E-state index in [9.17, 15) is 5.11 Å². The quantitative estimate of drug-likeness (QED) is 0.573. The summed E-state index contributed by atoms with van der Waals surface area (Å²) in [6.45, 7) is 7.49. The SMILES string of the molecule is CCOc1ccc(CN2CCN(Cc3cccn3-c3ncccn3)CC2CCO)cc1. The molecule has 3 heterocycles. The third-order valence-corrected chi connectivity index (χ3v) is 5.76. The molecule has 0 amide bonds. The van der Waals surface area contributed by atoms with Gasteiger partial charge in [-0.2, -0.15) is 0 Å². The van der Waals surface area contributed by atoms with E-state index in [1.54, 1.807) is 12.4 Å². The smallest absolute Gasteiger partial charge is 0.233 e. The van der Waals surface area contributed by atoms with Crippen molar-refractivity contribution < 1.29 is 9.84 Å². The van der Waals surface area contributed by atoms with E-state index in [1.807, 2.05) is 42.0 Å². The van der Waals surface area contributed by atoms with Crippen molar-refractivity contribution in [1.82, 2.24) is 24.3 Å². The molecule has 0 radical (unpaired) electrons. The van der Waals surface area contributed by atoms with Gasteiger partial charge >= 0.3 is 0 Å². The van der Waals surface area contributed by atoms with Gasteiger partial charge in [0.2, 0.25) is 5.95 Å². The first-order chi connectivity index (χ1) is 15.3. The molecule has 0 aliphatic carbocycles. The third kappa shape index (κ3) is 5.50. The molecule has 1 atom stereocenters. The summed E-state index contributed by atoms with van der Waals surface area (Å²) in [5.41, 5.74) is 2.45. The molecule has 1 unspecified atom stereocenters. The monoisotopic (exact) mass is 421 g/mol. The number of aliphatic hydroxyl groups excluding tert-OH is 1. The summed E-state index contributed by atoms with van der Waals surface area (Å²) in [6.07, 6.45) is 6.32. The molecule has 1 fully saturated rings. The second-order valence-corrected chi connectivity index (χ2v) is 7.87. The Balaban J connectivity index is 1.40. The van der Waals surface area contributed by atoms with Gasteiger partial charge in [0.05, 0.1) is 6.61 Å². The van der Waals surface area contributed by atoms with Gasteiger partial charge < -0.3 is 9.84 Å². The van der Waals surface area contributed by atoms with Crippen molar-refractivity contribution in [3.63, 3.8) is 0 Å². The molecule has 2 aromatic heterocycles. The summed E-state index contributed by atoms with van der Waals surface area (Å²) >= 11 is 0. The van der Waals surface area contributed by atoms with Gasteiger partial charge in [-0.15, -0.1) is 0 Å². The fourth-order valence-electron chi connectivity index (χ4n) is 4.21. The van der Waals surface area contributed by atoms with Crippen molar-refractivity contribution in [2.45, 2.75) is 32.5 Å². The zero-order chi connectivity index (χ0) is 21.5. The van der Waals surface area contributed by atoms with Crippen molar-refractivity contribution >= 4 is 0 Å². The average Bonchev–Trinajstić information content (AvgIpc) is 3.26. The number of ether oxygens (including phenoxy) is 1. The predicted octanol–water partition coefficient (Wildman–Crippen LogP) is 2.73. The van der Waals surface area contributed by atoms with Crippen LogP contribution in [0.2, 0.25) is 0 Å². The minimum atomic E-state index is 0.201. The van der Waals surface area contributed by atoms with Crippen molar-refractivity contribution in [1.29, 1.82) is 0 Å². The van der Waals surface area contributed by atoms with E-state index in [4.69, 9.17) is 4.74 Å². The first-order valence-corrected chi connectivity index (χ1v) is 11.0. The second-order valence-electron chi connectivity index (χ2n) is 7.87. The summed E-state index contributed by atoms with van der Waals surface area (Å²) < 4.78 is 7.60. The molecule has 3 aromatic rings. The van der Waals surface area contributed by atoms with Crippen LogP contribution in [0.3, 0.4) is 0 Å². The molecule has 1 N–H and O–H groups in total. The molecular weight excluding hydrogens is 390 g/mol. The lowest BCUT2D eigenvalue weighted by molar-refractivity contribution is 0.0491. The summed E-state index contributed by atoms with van der Waals surface area (Å²) in [6, 6.07) is 14.7. The van der Waals surface area contributed by atoms with Crippen molar-refractivity contribution in [3.05, 3.63) is 72.3 Å². The molecule has 0 bridgehead atoms. The number of benzene rings is 1. The lowest BCUT2D eigenvalue weighted by Crippen LogP contribution is -2.52. The molecule has 31 heavy (non-hydrogen) atoms. The number of rotatable bonds is 9. The Morgan fingerprint density at radius 3 is 2.58 bits per heavy atom. The van der Waals surface area contributed by atoms with Crippen LogP contribution < -0.4 is 4.74 Å². The predicted molar refractivity (Wildman–Crippen MR) is 120 cm³/mol. The first-order valence-electron chi connectivity index (χ1n) is 11.0. The Hall–Kier alpha value is -2.74. The zero-order valence-electron chi connectivity index (χ0n) is 18.1. The van der Waals surface area contributed by atoms with Gasteiger partial charge in [-0.05, 0) is 49.2 Å². The van der Waals surface area contributed by atoms with Crippen LogP contribution in [0.15, 0.2) is 61.1 Å². The van der Waals surface area contributed by atoms with Gasteiger partial charge in [-0.1, -0.05) is 12.1 Å². The van der Waals surface area contributed by atoms with Gasteiger partial charge in [-0.3, -0.25) is 14.4 Å². The number of piperazine rings is 1. The molecule has 7 heteroatoms. The zero-order valence-corrected chi connectivity index (χ0v) is 18.1. The maximum atomic E-state index is 9.65. The largest absolute Gasteiger partial charge is 0.494 e. The summed E-state index contributed by atoms with van der Waals surface area (Å²) in [7, 11) is 0. The molecular formula is C24H31N5O2. The molecule has 164 valence electrons. The fraction of sp³-hybridized carbons (Fsp3) is 0.417. The Bertz CT molecular complexity index is 929. The average molecular weight is 422 g/mol. The molecule has 1 aromatic carbocycles. The molecule has 4 rings (SSSR count). The highest BCUT2D eigenvalue weighted by Gasteiger charge is 2.27. The summed E-state index contributed by atoms with van der Waals surface area (Å²) in [4.78, 5) is 13.7. The molecule has 1 aliphatic rings. The fourth-order valence-corrected chi connectivity index (χ4v) is 4.21. The lowest BCUT2D eigenvalue weighted by Gasteiger charge is -2.41. The minimum Gasteiger partial charge on any atom is -0.494 e. The molecule has 0 saturated carbocycles. The van der Waals surface area contributed by atoms with Crippen LogP contribution >= 0.6 is 0 Å². The highest BCUT2D eigenvalue weighted by molar-refractivity contribution is 5.27. The van der Waals surface area contributed by atoms with Crippen molar-refractivity contribution in [2.24, 2.45) is 0 Å². The van der Waals surface area contributed by atoms with Gasteiger partial charge in [0.15, 0.2) is 0 Å². The maximum Gasteiger partial charge on any atom is 0.233 e. The number of aromatic nitrogens is 3. The topological polar surface area (TPSA) is 66.7 Å². The van der Waals surface area contributed by atoms with Gasteiger partial charge in [0.1, 0.15) is 5.75 Å². The first kappa shape index (κ1) is 21.5. The summed E-state index contributed by atoms with van der Waals surface area (Å²) in [5, 5.41) is 9.65. The van der Waals surface area contributed by atoms with Gasteiger partial charge in [-0.25, -0.2) is 9.97 Å². The van der Waals surface area contributed by atoms with E-state index in [0.29, 0.717) is 18.6 Å². The summed E-state index contributed by atoms with van der Waals surface area (Å²) in [5.74, 6) is 1.61. The standard InChI is InChI=1S/C24H31N5O2/c1-2-31-23-8-6-20(7-9-23)17-28-15-14-27(18-21(28)10-16-30)19-22-5-3-13-29(22)24-25-11-4-12-26-24/h3-9,11-13,21,30H,2,10,14-19H2,1H3. The van der Waals surface area contributed by atoms with Crippen LogP contribution in [0.5, 0.6) is 5.75 Å². The second kappa shape index (κ2) is 10.5. The van der Waals surface area contributed by atoms with Crippen LogP contribution in [-0.4, -0.2) is 68.3 Å². The van der Waals surface area contributed by atoms with Gasteiger partial charge in [0, 0.05) is 69.7 Å². The Morgan fingerprint density at radius 1 is 1.03 bits per heavy atom. The van der Waals surface area contributed by atoms with E-state index in [0.717, 1.165) is 44.9 Å². The molecule has 7 nitrogen and oxygen atoms in total. The van der Waals surface area contributed by atoms with Crippen LogP contribution in [-0.2, 0) is 13.1 Å². The van der Waals surface area contributed by atoms with Crippen LogP contribution in [0.4, 0.5) is 0 Å². The highest BCUT2D eigenvalue weighted by atomic mass is 16.5. The Morgan fingerprint density at radius 2 is 1.84 bits per heavy atom. The number of hydrogen-bond acceptors (Lipinski definition) is 6. The Kier molecular flexibility index (Phi) is 7.30. The van der Waals surface area contributed by atoms with E-state index in [1.165, 1.54) is 11.3 Å². The molecule has 0 spiro atoms. The number of hydrogen-bond donors (Lipinski definition) is 1. The third-order valence-electron chi connectivity index (χ3n) is 5.76. The highest BCUT2D eigenvalue weighted by Crippen LogP contribution is 2.21. The van der Waals surface area contributed by atoms with Crippen LogP contribution in [0.25, 0.3) is 5.95 Å². The van der Waals surface area contributed by atoms with E-state index >= 15 is 0 Å². The lowest BCUT2D eigenvalue weighted by atomic mass is 10.1. The van der Waals surface area contributed by atoms with Gasteiger partial charge in [0.25, 0.3) is 0 Å². The van der Waals surface area contributed by atoms with Crippen LogP contribution in [0, 0.1) is 0 Å². The minimum absolute atomic E-state index is 0.201. The normalized spacial score (nSPS) is 17.7. The van der Waals surface area contributed by atoms with E-state index in [2.05, 4.69) is 38.0 Å². The van der Waals surface area contributed by atoms with Crippen molar-refractivity contribution in [2.75, 3.05) is 32.8 Å². The maximum absolute atomic E-state index is 9.65.